The summed E-state index contributed by atoms with van der Waals surface area (Å²) in [6.07, 6.45) is 1.79. The van der Waals surface area contributed by atoms with Gasteiger partial charge in [-0.1, -0.05) is 6.07 Å². The lowest BCUT2D eigenvalue weighted by molar-refractivity contribution is -0.138. The van der Waals surface area contributed by atoms with Crippen LogP contribution in [0, 0.1) is 0 Å². The number of primary amides is 2. The van der Waals surface area contributed by atoms with Crippen molar-refractivity contribution in [3.8, 4) is 0 Å². The number of carbonyl (C=O) groups excluding carboxylic acids is 5. The van der Waals surface area contributed by atoms with Gasteiger partial charge >= 0.3 is 5.97 Å². The Morgan fingerprint density at radius 2 is 1.71 bits per heavy atom. The molecule has 1 heterocycles. The minimum Gasteiger partial charge on any atom is -0.481 e. The van der Waals surface area contributed by atoms with E-state index in [4.69, 9.17) is 22.3 Å². The maximum Gasteiger partial charge on any atom is 0.303 e. The van der Waals surface area contributed by atoms with E-state index < -0.39 is 66.6 Å². The number of amides is 5. The molecular formula is C20H29N7O7. The SMILES string of the molecule is CN(CC(N)=O)C(=O)[C@H](Cc1cccnc1)NC(=O)[C@H](CC(N)=O)NC(=O)[C@@H](N)CCC(=O)O. The third-order valence-corrected chi connectivity index (χ3v) is 4.59. The molecule has 14 heteroatoms. The van der Waals surface area contributed by atoms with Gasteiger partial charge in [-0.25, -0.2) is 0 Å². The van der Waals surface area contributed by atoms with Crippen LogP contribution in [0.25, 0.3) is 0 Å². The molecule has 1 aromatic heterocycles. The summed E-state index contributed by atoms with van der Waals surface area (Å²) in [5, 5.41) is 13.4. The Balaban J connectivity index is 3.04. The van der Waals surface area contributed by atoms with Crippen LogP contribution in [0.2, 0.25) is 0 Å². The van der Waals surface area contributed by atoms with Crippen LogP contribution in [0.15, 0.2) is 24.5 Å². The zero-order chi connectivity index (χ0) is 25.8. The molecule has 0 radical (unpaired) electrons. The number of nitrogens with one attached hydrogen (secondary N) is 2. The van der Waals surface area contributed by atoms with E-state index in [0.717, 1.165) is 4.90 Å². The zero-order valence-corrected chi connectivity index (χ0v) is 18.6. The standard InChI is InChI=1S/C20H29N7O7/c1-27(10-16(23)29)20(34)14(7-11-3-2-6-24-9-11)26-19(33)13(8-15(22)28)25-18(32)12(21)4-5-17(30)31/h2-3,6,9,12-14H,4-5,7-8,10,21H2,1H3,(H2,22,28)(H2,23,29)(H,25,32)(H,26,33)(H,30,31)/t12-,13-,14-/m0/s1. The Hall–Kier alpha value is -4.07. The second-order valence-electron chi connectivity index (χ2n) is 7.56. The molecule has 14 nitrogen and oxygen atoms in total. The lowest BCUT2D eigenvalue weighted by atomic mass is 10.0. The molecule has 34 heavy (non-hydrogen) atoms. The van der Waals surface area contributed by atoms with Gasteiger partial charge in [0.1, 0.15) is 12.1 Å². The minimum atomic E-state index is -1.48. The number of carboxylic acids is 1. The average molecular weight is 479 g/mol. The predicted octanol–water partition coefficient (Wildman–Crippen LogP) is -3.40. The number of hydrogen-bond acceptors (Lipinski definition) is 8. The number of carbonyl (C=O) groups is 6. The van der Waals surface area contributed by atoms with Gasteiger partial charge in [-0.3, -0.25) is 33.8 Å². The number of nitrogens with zero attached hydrogens (tertiary/aromatic N) is 2. The number of hydrogen-bond donors (Lipinski definition) is 6. The van der Waals surface area contributed by atoms with Gasteiger partial charge in [0, 0.05) is 32.3 Å². The Morgan fingerprint density at radius 1 is 1.06 bits per heavy atom. The summed E-state index contributed by atoms with van der Waals surface area (Å²) >= 11 is 0. The molecule has 9 N–H and O–H groups in total. The average Bonchev–Trinajstić information content (AvgIpc) is 2.75. The molecule has 0 saturated carbocycles. The van der Waals surface area contributed by atoms with Crippen LogP contribution in [0.4, 0.5) is 0 Å². The highest BCUT2D eigenvalue weighted by atomic mass is 16.4. The summed E-state index contributed by atoms with van der Waals surface area (Å²) in [5.41, 5.74) is 16.6. The molecule has 1 aromatic rings. The minimum absolute atomic E-state index is 0.0170. The number of aromatic nitrogens is 1. The van der Waals surface area contributed by atoms with Crippen molar-refractivity contribution >= 4 is 35.5 Å². The fraction of sp³-hybridized carbons (Fsp3) is 0.450. The molecule has 0 saturated heterocycles. The molecule has 0 fully saturated rings. The van der Waals surface area contributed by atoms with Crippen molar-refractivity contribution in [1.29, 1.82) is 0 Å². The van der Waals surface area contributed by atoms with Crippen molar-refractivity contribution in [2.45, 2.75) is 43.8 Å². The largest absolute Gasteiger partial charge is 0.481 e. The summed E-state index contributed by atoms with van der Waals surface area (Å²) in [6.45, 7) is -0.405. The Bertz CT molecular complexity index is 910. The van der Waals surface area contributed by atoms with E-state index in [1.165, 1.54) is 19.4 Å². The summed E-state index contributed by atoms with van der Waals surface area (Å²) in [6, 6.07) is -0.646. The van der Waals surface area contributed by atoms with Gasteiger partial charge in [-0.15, -0.1) is 0 Å². The van der Waals surface area contributed by atoms with Gasteiger partial charge in [0.05, 0.1) is 19.0 Å². The van der Waals surface area contributed by atoms with Gasteiger partial charge in [-0.2, -0.15) is 0 Å². The van der Waals surface area contributed by atoms with Crippen LogP contribution in [-0.2, 0) is 35.2 Å². The van der Waals surface area contributed by atoms with E-state index in [2.05, 4.69) is 15.6 Å². The van der Waals surface area contributed by atoms with Crippen molar-refractivity contribution in [2.75, 3.05) is 13.6 Å². The predicted molar refractivity (Wildman–Crippen MR) is 117 cm³/mol. The van der Waals surface area contributed by atoms with E-state index in [-0.39, 0.29) is 19.3 Å². The van der Waals surface area contributed by atoms with E-state index in [0.29, 0.717) is 5.56 Å². The Morgan fingerprint density at radius 3 is 2.24 bits per heavy atom. The monoisotopic (exact) mass is 479 g/mol. The van der Waals surface area contributed by atoms with Gasteiger partial charge in [0.2, 0.25) is 29.5 Å². The molecule has 1 rings (SSSR count). The van der Waals surface area contributed by atoms with Crippen LogP contribution in [0.5, 0.6) is 0 Å². The molecule has 0 spiro atoms. The number of aliphatic carboxylic acids is 1. The lowest BCUT2D eigenvalue weighted by Crippen LogP contribution is -2.57. The molecule has 0 aliphatic heterocycles. The highest BCUT2D eigenvalue weighted by Gasteiger charge is 2.31. The summed E-state index contributed by atoms with van der Waals surface area (Å²) in [5.74, 6) is -5.28. The van der Waals surface area contributed by atoms with Gasteiger partial charge in [-0.05, 0) is 18.1 Å². The van der Waals surface area contributed by atoms with Crippen molar-refractivity contribution in [3.63, 3.8) is 0 Å². The molecule has 0 aliphatic rings. The van der Waals surface area contributed by atoms with Crippen LogP contribution >= 0.6 is 0 Å². The van der Waals surface area contributed by atoms with Crippen molar-refractivity contribution in [3.05, 3.63) is 30.1 Å². The highest BCUT2D eigenvalue weighted by molar-refractivity contribution is 5.96. The Labute approximate surface area is 195 Å². The quantitative estimate of drug-likeness (QED) is 0.155. The fourth-order valence-electron chi connectivity index (χ4n) is 2.90. The third-order valence-electron chi connectivity index (χ3n) is 4.59. The second-order valence-corrected chi connectivity index (χ2v) is 7.56. The van der Waals surface area contributed by atoms with Crippen molar-refractivity contribution in [2.24, 2.45) is 17.2 Å². The number of pyridine rings is 1. The molecule has 0 aromatic carbocycles. The first-order chi connectivity index (χ1) is 15.9. The maximum atomic E-state index is 12.9. The van der Waals surface area contributed by atoms with Crippen LogP contribution < -0.4 is 27.8 Å². The second kappa shape index (κ2) is 13.5. The summed E-state index contributed by atoms with van der Waals surface area (Å²) in [4.78, 5) is 76.4. The van der Waals surface area contributed by atoms with Crippen LogP contribution in [-0.4, -0.2) is 82.2 Å². The highest BCUT2D eigenvalue weighted by Crippen LogP contribution is 2.06. The van der Waals surface area contributed by atoms with E-state index in [9.17, 15) is 28.8 Å². The molecule has 0 unspecified atom stereocenters. The topological polar surface area (TPSA) is 241 Å². The molecule has 0 bridgehead atoms. The lowest BCUT2D eigenvalue weighted by Gasteiger charge is -2.26. The van der Waals surface area contributed by atoms with E-state index in [1.54, 1.807) is 12.1 Å². The Kier molecular flexibility index (Phi) is 11.1. The number of carboxylic acid groups (broad SMARTS) is 1. The maximum absolute atomic E-state index is 12.9. The van der Waals surface area contributed by atoms with Crippen molar-refractivity contribution < 1.29 is 33.9 Å². The van der Waals surface area contributed by atoms with E-state index >= 15 is 0 Å². The number of likely N-dealkylation sites (N-methyl/N-ethyl adjacent to an activating group) is 1. The van der Waals surface area contributed by atoms with Crippen LogP contribution in [0.1, 0.15) is 24.8 Å². The first-order valence-electron chi connectivity index (χ1n) is 10.2. The first kappa shape index (κ1) is 28.0. The molecule has 186 valence electrons. The molecule has 0 aliphatic carbocycles. The molecule has 5 amide bonds. The van der Waals surface area contributed by atoms with Gasteiger partial charge in [0.25, 0.3) is 0 Å². The smallest absolute Gasteiger partial charge is 0.303 e. The van der Waals surface area contributed by atoms with E-state index in [1.807, 2.05) is 0 Å². The fourth-order valence-corrected chi connectivity index (χ4v) is 2.90. The summed E-state index contributed by atoms with van der Waals surface area (Å²) in [7, 11) is 1.32. The number of rotatable bonds is 14. The van der Waals surface area contributed by atoms with Crippen LogP contribution in [0.3, 0.4) is 0 Å². The molecule has 3 atom stereocenters. The summed E-state index contributed by atoms with van der Waals surface area (Å²) < 4.78 is 0. The molecular weight excluding hydrogens is 450 g/mol. The zero-order valence-electron chi connectivity index (χ0n) is 18.6. The van der Waals surface area contributed by atoms with Gasteiger partial charge < -0.3 is 37.8 Å². The van der Waals surface area contributed by atoms with Crippen molar-refractivity contribution in [1.82, 2.24) is 20.5 Å². The normalized spacial score (nSPS) is 13.1. The first-order valence-corrected chi connectivity index (χ1v) is 10.2. The van der Waals surface area contributed by atoms with Gasteiger partial charge in [0.15, 0.2) is 0 Å². The number of nitrogens with two attached hydrogens (primary N) is 3. The third kappa shape index (κ3) is 10.0.